The van der Waals surface area contributed by atoms with Gasteiger partial charge in [0, 0.05) is 12.0 Å². The molecule has 2 fully saturated rings. The van der Waals surface area contributed by atoms with E-state index in [2.05, 4.69) is 4.72 Å². The zero-order valence-corrected chi connectivity index (χ0v) is 18.7. The topological polar surface area (TPSA) is 126 Å². The quantitative estimate of drug-likeness (QED) is 0.589. The monoisotopic (exact) mass is 476 g/mol. The van der Waals surface area contributed by atoms with E-state index in [-0.39, 0.29) is 50.4 Å². The Balaban J connectivity index is 1.73. The molecule has 2 aliphatic rings. The summed E-state index contributed by atoms with van der Waals surface area (Å²) in [4.78, 5) is 11.3. The summed E-state index contributed by atoms with van der Waals surface area (Å²) in [5.74, 6) is -0.816. The minimum Gasteiger partial charge on any atom is -0.488 e. The summed E-state index contributed by atoms with van der Waals surface area (Å²) in [5, 5.41) is 18.8. The number of benzene rings is 2. The molecule has 1 aliphatic carbocycles. The van der Waals surface area contributed by atoms with Crippen molar-refractivity contribution in [2.45, 2.75) is 36.7 Å². The number of sulfonamides is 1. The van der Waals surface area contributed by atoms with E-state index in [1.165, 1.54) is 18.2 Å². The molecule has 1 aliphatic heterocycles. The SMILES string of the molecule is CC(Oc1cc(Cl)c(C#N)cc1NS(=O)(=O)c1cc(C(=O)O)ccc1C1CC1)C1COC1. The van der Waals surface area contributed by atoms with Gasteiger partial charge in [-0.05, 0) is 49.4 Å². The molecule has 10 heteroatoms. The molecule has 0 spiro atoms. The van der Waals surface area contributed by atoms with E-state index in [1.807, 2.05) is 13.0 Å². The maximum atomic E-state index is 13.4. The van der Waals surface area contributed by atoms with E-state index in [0.29, 0.717) is 18.8 Å². The molecule has 2 aromatic rings. The van der Waals surface area contributed by atoms with Crippen LogP contribution in [-0.2, 0) is 14.8 Å². The maximum Gasteiger partial charge on any atom is 0.335 e. The lowest BCUT2D eigenvalue weighted by molar-refractivity contribution is -0.0775. The Morgan fingerprint density at radius 2 is 2.03 bits per heavy atom. The fourth-order valence-corrected chi connectivity index (χ4v) is 5.05. The molecular weight excluding hydrogens is 456 g/mol. The Bertz CT molecular complexity index is 1220. The summed E-state index contributed by atoms with van der Waals surface area (Å²) < 4.78 is 40.4. The number of carbonyl (C=O) groups is 1. The summed E-state index contributed by atoms with van der Waals surface area (Å²) in [5.41, 5.74) is 0.580. The lowest BCUT2D eigenvalue weighted by Gasteiger charge is -2.32. The average Bonchev–Trinajstić information content (AvgIpc) is 3.53. The molecule has 2 N–H and O–H groups in total. The highest BCUT2D eigenvalue weighted by molar-refractivity contribution is 7.92. The number of rotatable bonds is 8. The van der Waals surface area contributed by atoms with Crippen LogP contribution in [0.4, 0.5) is 5.69 Å². The van der Waals surface area contributed by atoms with Crippen molar-refractivity contribution >= 4 is 33.3 Å². The van der Waals surface area contributed by atoms with Gasteiger partial charge >= 0.3 is 5.97 Å². The van der Waals surface area contributed by atoms with E-state index in [9.17, 15) is 23.6 Å². The summed E-state index contributed by atoms with van der Waals surface area (Å²) in [6.45, 7) is 2.93. The number of nitrogens with zero attached hydrogens (tertiary/aromatic N) is 1. The molecule has 1 atom stereocenters. The Hall–Kier alpha value is -2.80. The zero-order valence-electron chi connectivity index (χ0n) is 17.2. The summed E-state index contributed by atoms with van der Waals surface area (Å²) >= 11 is 6.16. The fourth-order valence-electron chi connectivity index (χ4n) is 3.47. The third-order valence-electron chi connectivity index (χ3n) is 5.64. The first-order valence-corrected chi connectivity index (χ1v) is 11.9. The number of nitrogens with one attached hydrogen (secondary N) is 1. The van der Waals surface area contributed by atoms with Crippen LogP contribution in [0.1, 0.15) is 47.2 Å². The van der Waals surface area contributed by atoms with Gasteiger partial charge in [0.05, 0.1) is 39.9 Å². The molecule has 32 heavy (non-hydrogen) atoms. The van der Waals surface area contributed by atoms with Crippen molar-refractivity contribution < 1.29 is 27.8 Å². The number of nitriles is 1. The standard InChI is InChI=1S/C22H21ClN2O6S/c1-12(16-10-30-11-16)31-20-8-18(23)15(9-24)6-19(20)25-32(28,29)21-7-14(22(26)27)4-5-17(21)13-2-3-13/h4-8,12-13,16,25H,2-3,10-11H2,1H3,(H,26,27). The highest BCUT2D eigenvalue weighted by Gasteiger charge is 2.32. The molecule has 1 heterocycles. The normalized spacial score (nSPS) is 17.2. The maximum absolute atomic E-state index is 13.4. The third kappa shape index (κ3) is 4.53. The summed E-state index contributed by atoms with van der Waals surface area (Å²) in [7, 11) is -4.18. The van der Waals surface area contributed by atoms with Crippen LogP contribution in [0.3, 0.4) is 0 Å². The molecule has 0 aromatic heterocycles. The second-order valence-electron chi connectivity index (χ2n) is 8.00. The Morgan fingerprint density at radius 3 is 2.59 bits per heavy atom. The largest absolute Gasteiger partial charge is 0.488 e. The molecule has 1 unspecified atom stereocenters. The van der Waals surface area contributed by atoms with Crippen molar-refractivity contribution in [2.24, 2.45) is 5.92 Å². The van der Waals surface area contributed by atoms with Crippen molar-refractivity contribution in [1.82, 2.24) is 0 Å². The number of carboxylic acids is 1. The Morgan fingerprint density at radius 1 is 1.31 bits per heavy atom. The molecule has 1 saturated carbocycles. The summed E-state index contributed by atoms with van der Waals surface area (Å²) in [6.07, 6.45) is 1.40. The van der Waals surface area contributed by atoms with Gasteiger partial charge in [0.15, 0.2) is 0 Å². The molecule has 4 rings (SSSR count). The van der Waals surface area contributed by atoms with Gasteiger partial charge in [-0.2, -0.15) is 5.26 Å². The smallest absolute Gasteiger partial charge is 0.335 e. The number of ether oxygens (including phenoxy) is 2. The van der Waals surface area contributed by atoms with Gasteiger partial charge in [-0.1, -0.05) is 17.7 Å². The van der Waals surface area contributed by atoms with Gasteiger partial charge < -0.3 is 14.6 Å². The zero-order chi connectivity index (χ0) is 23.0. The van der Waals surface area contributed by atoms with E-state index >= 15 is 0 Å². The first-order valence-electron chi connectivity index (χ1n) is 10.1. The van der Waals surface area contributed by atoms with Gasteiger partial charge in [0.25, 0.3) is 10.0 Å². The second kappa shape index (κ2) is 8.62. The molecule has 2 aromatic carbocycles. The van der Waals surface area contributed by atoms with Gasteiger partial charge in [-0.25, -0.2) is 13.2 Å². The van der Waals surface area contributed by atoms with Gasteiger partial charge in [-0.15, -0.1) is 0 Å². The van der Waals surface area contributed by atoms with Crippen molar-refractivity contribution in [1.29, 1.82) is 5.26 Å². The predicted molar refractivity (Wildman–Crippen MR) is 117 cm³/mol. The number of carboxylic acid groups (broad SMARTS) is 1. The first kappa shape index (κ1) is 22.4. The van der Waals surface area contributed by atoms with Crippen molar-refractivity contribution in [2.75, 3.05) is 17.9 Å². The minimum absolute atomic E-state index is 0.0560. The van der Waals surface area contributed by atoms with Crippen LogP contribution in [0.2, 0.25) is 5.02 Å². The van der Waals surface area contributed by atoms with Crippen LogP contribution < -0.4 is 9.46 Å². The van der Waals surface area contributed by atoms with Gasteiger partial charge in [0.1, 0.15) is 17.9 Å². The molecule has 0 radical (unpaired) electrons. The van der Waals surface area contributed by atoms with Crippen LogP contribution in [0.25, 0.3) is 0 Å². The van der Waals surface area contributed by atoms with E-state index in [1.54, 1.807) is 6.07 Å². The Labute approximate surface area is 190 Å². The van der Waals surface area contributed by atoms with E-state index < -0.39 is 16.0 Å². The minimum atomic E-state index is -4.18. The lowest BCUT2D eigenvalue weighted by Crippen LogP contribution is -2.39. The highest BCUT2D eigenvalue weighted by Crippen LogP contribution is 2.44. The van der Waals surface area contributed by atoms with Crippen molar-refractivity contribution in [3.05, 3.63) is 52.0 Å². The predicted octanol–water partition coefficient (Wildman–Crippen LogP) is 4.00. The number of hydrogen-bond acceptors (Lipinski definition) is 6. The number of hydrogen-bond donors (Lipinski definition) is 2. The number of anilines is 1. The molecule has 1 saturated heterocycles. The van der Waals surface area contributed by atoms with Crippen molar-refractivity contribution in [3.8, 4) is 11.8 Å². The van der Waals surface area contributed by atoms with Crippen LogP contribution >= 0.6 is 11.6 Å². The third-order valence-corrected chi connectivity index (χ3v) is 7.38. The molecule has 0 bridgehead atoms. The number of aromatic carboxylic acids is 1. The van der Waals surface area contributed by atoms with Crippen LogP contribution in [0.15, 0.2) is 35.2 Å². The van der Waals surface area contributed by atoms with E-state index in [4.69, 9.17) is 21.1 Å². The van der Waals surface area contributed by atoms with Gasteiger partial charge in [-0.3, -0.25) is 4.72 Å². The van der Waals surface area contributed by atoms with Gasteiger partial charge in [0.2, 0.25) is 0 Å². The summed E-state index contributed by atoms with van der Waals surface area (Å²) in [6, 6.07) is 8.77. The highest BCUT2D eigenvalue weighted by atomic mass is 35.5. The molecule has 8 nitrogen and oxygen atoms in total. The Kier molecular flexibility index (Phi) is 6.03. The first-order chi connectivity index (χ1) is 15.2. The number of halogens is 1. The second-order valence-corrected chi connectivity index (χ2v) is 10.1. The molecule has 168 valence electrons. The molecule has 0 amide bonds. The molecular formula is C22H21ClN2O6S. The van der Waals surface area contributed by atoms with Crippen LogP contribution in [-0.4, -0.2) is 38.8 Å². The fraction of sp³-hybridized carbons (Fsp3) is 0.364. The van der Waals surface area contributed by atoms with Crippen LogP contribution in [0.5, 0.6) is 5.75 Å². The van der Waals surface area contributed by atoms with Crippen molar-refractivity contribution in [3.63, 3.8) is 0 Å². The lowest BCUT2D eigenvalue weighted by atomic mass is 10.0. The van der Waals surface area contributed by atoms with Crippen LogP contribution in [0, 0.1) is 17.2 Å². The van der Waals surface area contributed by atoms with E-state index in [0.717, 1.165) is 18.9 Å². The average molecular weight is 477 g/mol.